The monoisotopic (exact) mass is 573 g/mol. The maximum Gasteiger partial charge on any atom is 0.259 e. The number of ether oxygens (including phenoxy) is 2. The summed E-state index contributed by atoms with van der Waals surface area (Å²) in [5, 5.41) is 5.57. The number of carbonyl (C=O) groups excluding carboxylic acids is 3. The predicted molar refractivity (Wildman–Crippen MR) is 153 cm³/mol. The zero-order chi connectivity index (χ0) is 28.3. The van der Waals surface area contributed by atoms with E-state index in [0.717, 1.165) is 5.56 Å². The van der Waals surface area contributed by atoms with E-state index in [1.54, 1.807) is 36.6 Å². The van der Waals surface area contributed by atoms with Crippen LogP contribution in [0.1, 0.15) is 37.5 Å². The second kappa shape index (κ2) is 11.5. The molecule has 1 aromatic heterocycles. The second-order valence-corrected chi connectivity index (χ2v) is 10.7. The van der Waals surface area contributed by atoms with E-state index in [1.807, 2.05) is 31.2 Å². The standard InChI is InChI=1S/C29H27N5O6S/c1-2-24(27(36)31-17-9-11-22-23(14-17)40-16-39-22)41-29-33-20-8-4-3-7-19(20)26-32-21(28(37)34(26)29)10-12-25(35)30-15-18-6-5-13-38-18/h3-9,11,13-14,21,24H,2,10,12,15-16H2,1H3,(H,30,35)(H,31,36)/t21-,24+/m0/s1. The zero-order valence-electron chi connectivity index (χ0n) is 22.2. The molecular formula is C29H27N5O6S. The highest BCUT2D eigenvalue weighted by atomic mass is 32.2. The summed E-state index contributed by atoms with van der Waals surface area (Å²) in [6, 6.07) is 15.4. The van der Waals surface area contributed by atoms with E-state index >= 15 is 0 Å². The zero-order valence-corrected chi connectivity index (χ0v) is 23.0. The number of nitrogens with zero attached hydrogens (tertiary/aromatic N) is 3. The SMILES string of the molecule is CC[C@@H](SC1=Nc2ccccc2C2=N[C@@H](CCC(=O)NCc3ccco3)C(=O)N12)C(=O)Nc1ccc2c(c1)OCO2. The molecule has 4 heterocycles. The van der Waals surface area contributed by atoms with Crippen molar-refractivity contribution < 1.29 is 28.3 Å². The number of hydrogen-bond acceptors (Lipinski definition) is 9. The molecule has 0 bridgehead atoms. The summed E-state index contributed by atoms with van der Waals surface area (Å²) in [5.41, 5.74) is 1.98. The molecule has 12 heteroatoms. The summed E-state index contributed by atoms with van der Waals surface area (Å²) in [6.45, 7) is 2.32. The molecule has 210 valence electrons. The van der Waals surface area contributed by atoms with E-state index in [9.17, 15) is 14.4 Å². The fourth-order valence-electron chi connectivity index (χ4n) is 4.67. The molecule has 0 saturated carbocycles. The van der Waals surface area contributed by atoms with Gasteiger partial charge in [0.25, 0.3) is 5.91 Å². The first-order chi connectivity index (χ1) is 20.0. The van der Waals surface area contributed by atoms with E-state index in [-0.39, 0.29) is 43.9 Å². The first kappa shape index (κ1) is 26.6. The van der Waals surface area contributed by atoms with Crippen molar-refractivity contribution in [3.05, 3.63) is 72.2 Å². The molecular weight excluding hydrogens is 546 g/mol. The van der Waals surface area contributed by atoms with E-state index in [0.29, 0.717) is 46.1 Å². The lowest BCUT2D eigenvalue weighted by Crippen LogP contribution is -2.42. The molecule has 3 amide bonds. The summed E-state index contributed by atoms with van der Waals surface area (Å²) < 4.78 is 16.0. The topological polar surface area (TPSA) is 135 Å². The molecule has 3 aromatic rings. The Morgan fingerprint density at radius 3 is 2.80 bits per heavy atom. The van der Waals surface area contributed by atoms with Crippen molar-refractivity contribution in [2.45, 2.75) is 44.0 Å². The van der Waals surface area contributed by atoms with Crippen molar-refractivity contribution in [2.75, 3.05) is 12.1 Å². The summed E-state index contributed by atoms with van der Waals surface area (Å²) in [5.74, 6) is 1.63. The molecule has 2 N–H and O–H groups in total. The molecule has 41 heavy (non-hydrogen) atoms. The van der Waals surface area contributed by atoms with Crippen LogP contribution in [0.2, 0.25) is 0 Å². The van der Waals surface area contributed by atoms with Crippen LogP contribution in [0.3, 0.4) is 0 Å². The van der Waals surface area contributed by atoms with Gasteiger partial charge in [-0.05, 0) is 49.2 Å². The van der Waals surface area contributed by atoms with Crippen LogP contribution >= 0.6 is 11.8 Å². The van der Waals surface area contributed by atoms with Gasteiger partial charge in [0.15, 0.2) is 16.7 Å². The Morgan fingerprint density at radius 2 is 1.98 bits per heavy atom. The number of hydrogen-bond donors (Lipinski definition) is 2. The average molecular weight is 574 g/mol. The van der Waals surface area contributed by atoms with Crippen molar-refractivity contribution in [1.82, 2.24) is 10.2 Å². The normalized spacial score (nSPS) is 17.3. The number of carbonyl (C=O) groups is 3. The Morgan fingerprint density at radius 1 is 1.12 bits per heavy atom. The van der Waals surface area contributed by atoms with Crippen LogP contribution in [-0.2, 0) is 20.9 Å². The maximum absolute atomic E-state index is 13.6. The summed E-state index contributed by atoms with van der Waals surface area (Å²) in [7, 11) is 0. The quantitative estimate of drug-likeness (QED) is 0.392. The Labute approximate surface area is 240 Å². The van der Waals surface area contributed by atoms with Crippen molar-refractivity contribution in [3.8, 4) is 11.5 Å². The minimum atomic E-state index is -0.737. The fraction of sp³-hybridized carbons (Fsp3) is 0.276. The van der Waals surface area contributed by atoms with E-state index in [2.05, 4.69) is 10.6 Å². The highest BCUT2D eigenvalue weighted by Gasteiger charge is 2.42. The predicted octanol–water partition coefficient (Wildman–Crippen LogP) is 4.21. The number of amides is 3. The van der Waals surface area contributed by atoms with Crippen LogP contribution < -0.4 is 20.1 Å². The average Bonchev–Trinajstić information content (AvgIpc) is 3.74. The third-order valence-corrected chi connectivity index (χ3v) is 8.10. The van der Waals surface area contributed by atoms with Gasteiger partial charge in [0.05, 0.1) is 23.7 Å². The minimum Gasteiger partial charge on any atom is -0.467 e. The van der Waals surface area contributed by atoms with Crippen molar-refractivity contribution in [3.63, 3.8) is 0 Å². The number of nitrogens with one attached hydrogen (secondary N) is 2. The fourth-order valence-corrected chi connectivity index (χ4v) is 5.69. The van der Waals surface area contributed by atoms with Gasteiger partial charge in [0.2, 0.25) is 18.6 Å². The number of aliphatic imine (C=N–C) groups is 2. The molecule has 11 nitrogen and oxygen atoms in total. The molecule has 0 unspecified atom stereocenters. The minimum absolute atomic E-state index is 0.124. The van der Waals surface area contributed by atoms with Crippen molar-refractivity contribution in [1.29, 1.82) is 0 Å². The lowest BCUT2D eigenvalue weighted by Gasteiger charge is -2.27. The van der Waals surface area contributed by atoms with Gasteiger partial charge in [-0.3, -0.25) is 19.4 Å². The number of benzene rings is 2. The number of anilines is 1. The van der Waals surface area contributed by atoms with Crippen LogP contribution in [0.5, 0.6) is 11.5 Å². The summed E-state index contributed by atoms with van der Waals surface area (Å²) >= 11 is 1.21. The van der Waals surface area contributed by atoms with Gasteiger partial charge in [-0.1, -0.05) is 30.8 Å². The van der Waals surface area contributed by atoms with Crippen LogP contribution in [0.25, 0.3) is 0 Å². The summed E-state index contributed by atoms with van der Waals surface area (Å²) in [6.07, 6.45) is 2.41. The molecule has 0 radical (unpaired) electrons. The van der Waals surface area contributed by atoms with Gasteiger partial charge in [-0.25, -0.2) is 9.89 Å². The molecule has 3 aliphatic heterocycles. The molecule has 0 saturated heterocycles. The second-order valence-electron chi connectivity index (χ2n) is 9.52. The number of thioether (sulfide) groups is 1. The molecule has 2 atom stereocenters. The Hall–Kier alpha value is -4.58. The molecule has 0 aliphatic carbocycles. The van der Waals surface area contributed by atoms with Crippen LogP contribution in [-0.4, -0.2) is 51.7 Å². The van der Waals surface area contributed by atoms with Gasteiger partial charge < -0.3 is 24.5 Å². The number of amidine groups is 2. The number of para-hydroxylation sites is 1. The molecule has 0 fully saturated rings. The number of fused-ring (bicyclic) bond motifs is 4. The maximum atomic E-state index is 13.6. The highest BCUT2D eigenvalue weighted by molar-refractivity contribution is 8.15. The first-order valence-electron chi connectivity index (χ1n) is 13.3. The van der Waals surface area contributed by atoms with E-state index in [1.165, 1.54) is 16.7 Å². The smallest absolute Gasteiger partial charge is 0.259 e. The first-order valence-corrected chi connectivity index (χ1v) is 14.1. The largest absolute Gasteiger partial charge is 0.467 e. The van der Waals surface area contributed by atoms with Crippen molar-refractivity contribution in [2.24, 2.45) is 9.98 Å². The van der Waals surface area contributed by atoms with Crippen LogP contribution in [0, 0.1) is 0 Å². The van der Waals surface area contributed by atoms with Crippen molar-refractivity contribution >= 4 is 51.9 Å². The van der Waals surface area contributed by atoms with Gasteiger partial charge in [0, 0.05) is 23.7 Å². The van der Waals surface area contributed by atoms with Gasteiger partial charge in [-0.15, -0.1) is 0 Å². The number of furan rings is 1. The van der Waals surface area contributed by atoms with Gasteiger partial charge >= 0.3 is 0 Å². The van der Waals surface area contributed by atoms with Gasteiger partial charge in [-0.2, -0.15) is 0 Å². The Balaban J connectivity index is 1.16. The van der Waals surface area contributed by atoms with Crippen LogP contribution in [0.15, 0.2) is 75.3 Å². The summed E-state index contributed by atoms with van der Waals surface area (Å²) in [4.78, 5) is 50.3. The lowest BCUT2D eigenvalue weighted by atomic mass is 10.1. The van der Waals surface area contributed by atoms with Gasteiger partial charge in [0.1, 0.15) is 17.6 Å². The highest BCUT2D eigenvalue weighted by Crippen LogP contribution is 2.37. The molecule has 3 aliphatic rings. The lowest BCUT2D eigenvalue weighted by molar-refractivity contribution is -0.125. The molecule has 6 rings (SSSR count). The third kappa shape index (κ3) is 5.55. The molecule has 2 aromatic carbocycles. The van der Waals surface area contributed by atoms with E-state index < -0.39 is 11.3 Å². The third-order valence-electron chi connectivity index (χ3n) is 6.78. The number of rotatable bonds is 9. The Bertz CT molecular complexity index is 1550. The molecule has 0 spiro atoms. The Kier molecular flexibility index (Phi) is 7.47. The van der Waals surface area contributed by atoms with Crippen LogP contribution in [0.4, 0.5) is 11.4 Å². The van der Waals surface area contributed by atoms with E-state index in [4.69, 9.17) is 23.9 Å².